The van der Waals surface area contributed by atoms with E-state index in [1.165, 1.54) is 5.56 Å². The molecule has 0 bridgehead atoms. The zero-order chi connectivity index (χ0) is 11.3. The van der Waals surface area contributed by atoms with Crippen LogP contribution in [-0.4, -0.2) is 14.6 Å². The van der Waals surface area contributed by atoms with Gasteiger partial charge in [0.25, 0.3) is 5.91 Å². The molecule has 1 amide bonds. The highest BCUT2D eigenvalue weighted by molar-refractivity contribution is 9.40. The van der Waals surface area contributed by atoms with E-state index in [2.05, 4.69) is 53.1 Å². The van der Waals surface area contributed by atoms with E-state index in [1.807, 2.05) is 30.3 Å². The fourth-order valence-electron chi connectivity index (χ4n) is 1.07. The number of amides is 1. The van der Waals surface area contributed by atoms with Crippen LogP contribution in [0.25, 0.3) is 0 Å². The summed E-state index contributed by atoms with van der Waals surface area (Å²) in [5, 5.41) is 2.79. The highest BCUT2D eigenvalue weighted by atomic mass is 80.0. The van der Waals surface area contributed by atoms with E-state index in [0.29, 0.717) is 6.54 Å². The first kappa shape index (κ1) is 13.2. The fraction of sp³-hybridized carbons (Fsp3) is 0.300. The lowest BCUT2D eigenvalue weighted by molar-refractivity contribution is -0.119. The van der Waals surface area contributed by atoms with Gasteiger partial charge in [0.15, 0.2) is 0 Å². The quantitative estimate of drug-likeness (QED) is 0.777. The Balaban J connectivity index is 2.32. The van der Waals surface area contributed by atoms with Gasteiger partial charge in [-0.15, -0.1) is 0 Å². The Morgan fingerprint density at radius 2 is 1.80 bits per heavy atom. The lowest BCUT2D eigenvalue weighted by atomic mass is 10.1. The first-order valence-corrected chi connectivity index (χ1v) is 6.77. The van der Waals surface area contributed by atoms with Crippen LogP contribution < -0.4 is 5.32 Å². The summed E-state index contributed by atoms with van der Waals surface area (Å²) in [6.45, 7) is 0.618. The molecule has 82 valence electrons. The summed E-state index contributed by atoms with van der Waals surface area (Å²) >= 11 is 9.45. The molecule has 0 atom stereocenters. The van der Waals surface area contributed by atoms with Gasteiger partial charge in [-0.25, -0.2) is 0 Å². The minimum atomic E-state index is -0.857. The van der Waals surface area contributed by atoms with Gasteiger partial charge in [-0.2, -0.15) is 0 Å². The number of nitrogens with one attached hydrogen (secondary N) is 1. The summed E-state index contributed by atoms with van der Waals surface area (Å²) in [4.78, 5) is 11.4. The molecule has 1 aromatic rings. The van der Waals surface area contributed by atoms with Gasteiger partial charge >= 0.3 is 0 Å². The van der Waals surface area contributed by atoms with Crippen LogP contribution in [0.4, 0.5) is 0 Å². The lowest BCUT2D eigenvalue weighted by Crippen LogP contribution is -2.34. The average molecular weight is 400 g/mol. The summed E-state index contributed by atoms with van der Waals surface area (Å²) in [6.07, 6.45) is 0.829. The summed E-state index contributed by atoms with van der Waals surface area (Å²) in [5.74, 6) is -0.140. The maximum Gasteiger partial charge on any atom is 0.258 e. The number of hydrogen-bond acceptors (Lipinski definition) is 1. The Morgan fingerprint density at radius 1 is 1.20 bits per heavy atom. The normalized spacial score (nSPS) is 11.1. The van der Waals surface area contributed by atoms with Crippen LogP contribution in [0.5, 0.6) is 0 Å². The summed E-state index contributed by atoms with van der Waals surface area (Å²) in [7, 11) is 0. The molecule has 0 spiro atoms. The smallest absolute Gasteiger partial charge is 0.258 e. The molecule has 0 unspecified atom stereocenters. The van der Waals surface area contributed by atoms with Crippen LogP contribution >= 0.6 is 47.8 Å². The van der Waals surface area contributed by atoms with Crippen molar-refractivity contribution >= 4 is 53.7 Å². The first-order valence-electron chi connectivity index (χ1n) is 4.39. The predicted octanol–water partition coefficient (Wildman–Crippen LogP) is 3.18. The van der Waals surface area contributed by atoms with Crippen molar-refractivity contribution < 1.29 is 4.79 Å². The summed E-state index contributed by atoms with van der Waals surface area (Å²) in [6, 6.07) is 10.0. The van der Waals surface area contributed by atoms with Crippen molar-refractivity contribution in [2.45, 2.75) is 8.56 Å². The zero-order valence-corrected chi connectivity index (χ0v) is 12.6. The molecule has 0 aliphatic carbocycles. The van der Waals surface area contributed by atoms with E-state index in [1.54, 1.807) is 0 Å². The summed E-state index contributed by atoms with van der Waals surface area (Å²) in [5.41, 5.74) is 1.21. The third kappa shape index (κ3) is 5.13. The third-order valence-electron chi connectivity index (χ3n) is 1.80. The molecule has 0 aromatic heterocycles. The van der Waals surface area contributed by atoms with Gasteiger partial charge < -0.3 is 5.32 Å². The van der Waals surface area contributed by atoms with Gasteiger partial charge in [-0.1, -0.05) is 30.3 Å². The second-order valence-electron chi connectivity index (χ2n) is 2.99. The van der Waals surface area contributed by atoms with Crippen LogP contribution in [0.1, 0.15) is 5.56 Å². The molecule has 0 radical (unpaired) electrons. The van der Waals surface area contributed by atoms with Gasteiger partial charge in [0.05, 0.1) is 0 Å². The van der Waals surface area contributed by atoms with Gasteiger partial charge in [-0.05, 0) is 59.8 Å². The monoisotopic (exact) mass is 397 g/mol. The predicted molar refractivity (Wildman–Crippen MR) is 72.7 cm³/mol. The largest absolute Gasteiger partial charge is 0.353 e. The van der Waals surface area contributed by atoms with Crippen LogP contribution in [0, 0.1) is 0 Å². The van der Waals surface area contributed by atoms with Crippen molar-refractivity contribution in [1.29, 1.82) is 0 Å². The third-order valence-corrected chi connectivity index (χ3v) is 2.88. The van der Waals surface area contributed by atoms with Crippen molar-refractivity contribution in [3.63, 3.8) is 0 Å². The van der Waals surface area contributed by atoms with E-state index >= 15 is 0 Å². The number of benzene rings is 1. The maximum atomic E-state index is 11.4. The lowest BCUT2D eigenvalue weighted by Gasteiger charge is -2.12. The Morgan fingerprint density at radius 3 is 2.33 bits per heavy atom. The standard InChI is InChI=1S/C10H10Br3NO/c11-10(12,13)9(15)14-7-6-8-4-2-1-3-5-8/h1-5H,6-7H2,(H,14,15). The molecule has 1 N–H and O–H groups in total. The van der Waals surface area contributed by atoms with Crippen LogP contribution in [0.2, 0.25) is 0 Å². The van der Waals surface area contributed by atoms with Crippen LogP contribution in [0.15, 0.2) is 30.3 Å². The van der Waals surface area contributed by atoms with Gasteiger partial charge in [0, 0.05) is 6.54 Å². The van der Waals surface area contributed by atoms with E-state index < -0.39 is 2.14 Å². The number of rotatable bonds is 3. The van der Waals surface area contributed by atoms with Crippen molar-refractivity contribution in [1.82, 2.24) is 5.32 Å². The molecule has 15 heavy (non-hydrogen) atoms. The van der Waals surface area contributed by atoms with Gasteiger partial charge in [-0.3, -0.25) is 4.79 Å². The Hall–Kier alpha value is 0.130. The molecule has 0 saturated carbocycles. The fourth-order valence-corrected chi connectivity index (χ4v) is 1.49. The van der Waals surface area contributed by atoms with Crippen molar-refractivity contribution in [2.24, 2.45) is 0 Å². The number of alkyl halides is 3. The number of halogens is 3. The molecule has 0 fully saturated rings. The number of carbonyl (C=O) groups excluding carboxylic acids is 1. The molecule has 1 rings (SSSR count). The van der Waals surface area contributed by atoms with Gasteiger partial charge in [0.2, 0.25) is 2.14 Å². The molecule has 2 nitrogen and oxygen atoms in total. The molecule has 5 heteroatoms. The molecular weight excluding hydrogens is 390 g/mol. The minimum absolute atomic E-state index is 0.140. The highest BCUT2D eigenvalue weighted by Gasteiger charge is 2.27. The second kappa shape index (κ2) is 6.01. The molecule has 0 aliphatic heterocycles. The topological polar surface area (TPSA) is 29.1 Å². The minimum Gasteiger partial charge on any atom is -0.353 e. The summed E-state index contributed by atoms with van der Waals surface area (Å²) < 4.78 is -0.857. The Bertz CT molecular complexity index is 321. The van der Waals surface area contributed by atoms with E-state index in [4.69, 9.17) is 0 Å². The number of carbonyl (C=O) groups is 1. The first-order chi connectivity index (χ1) is 7.00. The Kier molecular flexibility index (Phi) is 5.29. The van der Waals surface area contributed by atoms with Crippen molar-refractivity contribution in [3.8, 4) is 0 Å². The molecule has 0 saturated heterocycles. The molecule has 0 aliphatic rings. The number of hydrogen-bond donors (Lipinski definition) is 1. The molecule has 0 heterocycles. The van der Waals surface area contributed by atoms with E-state index in [0.717, 1.165) is 6.42 Å². The highest BCUT2D eigenvalue weighted by Crippen LogP contribution is 2.33. The average Bonchev–Trinajstić information content (AvgIpc) is 2.18. The maximum absolute atomic E-state index is 11.4. The zero-order valence-electron chi connectivity index (χ0n) is 7.84. The van der Waals surface area contributed by atoms with E-state index in [9.17, 15) is 4.79 Å². The molecular formula is C10H10Br3NO. The van der Waals surface area contributed by atoms with Crippen molar-refractivity contribution in [3.05, 3.63) is 35.9 Å². The Labute approximate surface area is 114 Å². The van der Waals surface area contributed by atoms with E-state index in [-0.39, 0.29) is 5.91 Å². The second-order valence-corrected chi connectivity index (χ2v) is 9.75. The van der Waals surface area contributed by atoms with Gasteiger partial charge in [0.1, 0.15) is 0 Å². The molecule has 1 aromatic carbocycles. The van der Waals surface area contributed by atoms with Crippen molar-refractivity contribution in [2.75, 3.05) is 6.54 Å². The van der Waals surface area contributed by atoms with Crippen LogP contribution in [-0.2, 0) is 11.2 Å². The SMILES string of the molecule is O=C(NCCc1ccccc1)C(Br)(Br)Br. The van der Waals surface area contributed by atoms with Crippen LogP contribution in [0.3, 0.4) is 0 Å².